The van der Waals surface area contributed by atoms with E-state index in [1.165, 1.54) is 6.33 Å². The van der Waals surface area contributed by atoms with E-state index in [2.05, 4.69) is 26.8 Å². The third-order valence-corrected chi connectivity index (χ3v) is 3.87. The topological polar surface area (TPSA) is 81.1 Å². The largest absolute Gasteiger partial charge is 0.497 e. The van der Waals surface area contributed by atoms with Crippen LogP contribution in [-0.2, 0) is 13.1 Å². The van der Waals surface area contributed by atoms with Crippen LogP contribution in [-0.4, -0.2) is 33.9 Å². The van der Waals surface area contributed by atoms with Crippen molar-refractivity contribution < 1.29 is 9.53 Å². The van der Waals surface area contributed by atoms with Crippen molar-refractivity contribution in [2.75, 3.05) is 7.11 Å². The predicted molar refractivity (Wildman–Crippen MR) is 95.4 cm³/mol. The summed E-state index contributed by atoms with van der Waals surface area (Å²) in [6.45, 7) is 2.96. The number of carbonyl (C=O) groups excluding carboxylic acids is 1. The van der Waals surface area contributed by atoms with Gasteiger partial charge in [0.05, 0.1) is 13.7 Å². The molecule has 2 amide bonds. The summed E-state index contributed by atoms with van der Waals surface area (Å²) in [6, 6.07) is 11.8. The van der Waals surface area contributed by atoms with Gasteiger partial charge in [0.25, 0.3) is 0 Å². The number of aromatic nitrogens is 3. The normalized spacial score (nSPS) is 11.9. The average Bonchev–Trinajstić information content (AvgIpc) is 3.12. The third-order valence-electron chi connectivity index (χ3n) is 3.87. The molecule has 0 saturated carbocycles. The highest BCUT2D eigenvalue weighted by Crippen LogP contribution is 2.21. The van der Waals surface area contributed by atoms with E-state index in [1.54, 1.807) is 18.1 Å². The standard InChI is InChI=1S/C18H21N5O2/c1-13(10-23-12-19-11-21-23)22-18(24)20-9-14-3-4-16-8-17(25-2)6-5-15(16)7-14/h3-8,11-13H,9-10H2,1-2H3,(H2,20,22,24). The second-order valence-corrected chi connectivity index (χ2v) is 5.89. The van der Waals surface area contributed by atoms with E-state index in [-0.39, 0.29) is 12.1 Å². The highest BCUT2D eigenvalue weighted by molar-refractivity contribution is 5.84. The Balaban J connectivity index is 1.53. The number of hydrogen-bond acceptors (Lipinski definition) is 4. The quantitative estimate of drug-likeness (QED) is 0.722. The Labute approximate surface area is 146 Å². The van der Waals surface area contributed by atoms with Gasteiger partial charge >= 0.3 is 6.03 Å². The molecule has 1 heterocycles. The molecule has 0 spiro atoms. The number of nitrogens with zero attached hydrogens (tertiary/aromatic N) is 3. The third kappa shape index (κ3) is 4.47. The van der Waals surface area contributed by atoms with Crippen LogP contribution in [0, 0.1) is 0 Å². The van der Waals surface area contributed by atoms with Crippen LogP contribution < -0.4 is 15.4 Å². The Bertz CT molecular complexity index is 848. The zero-order valence-electron chi connectivity index (χ0n) is 14.3. The molecule has 3 aromatic rings. The maximum atomic E-state index is 12.0. The molecule has 130 valence electrons. The van der Waals surface area contributed by atoms with Crippen LogP contribution in [0.25, 0.3) is 10.8 Å². The number of methoxy groups -OCH3 is 1. The van der Waals surface area contributed by atoms with Gasteiger partial charge in [-0.3, -0.25) is 4.68 Å². The van der Waals surface area contributed by atoms with Gasteiger partial charge in [-0.2, -0.15) is 5.10 Å². The van der Waals surface area contributed by atoms with Crippen molar-refractivity contribution >= 4 is 16.8 Å². The van der Waals surface area contributed by atoms with E-state index in [0.29, 0.717) is 13.1 Å². The molecule has 2 N–H and O–H groups in total. The van der Waals surface area contributed by atoms with Crippen LogP contribution in [0.1, 0.15) is 12.5 Å². The molecule has 0 bridgehead atoms. The minimum Gasteiger partial charge on any atom is -0.497 e. The van der Waals surface area contributed by atoms with E-state index in [9.17, 15) is 4.79 Å². The smallest absolute Gasteiger partial charge is 0.315 e. The Hall–Kier alpha value is -3.09. The van der Waals surface area contributed by atoms with Crippen LogP contribution in [0.3, 0.4) is 0 Å². The molecule has 0 radical (unpaired) electrons. The first-order chi connectivity index (χ1) is 12.1. The molecule has 7 nitrogen and oxygen atoms in total. The number of carbonyl (C=O) groups is 1. The van der Waals surface area contributed by atoms with Gasteiger partial charge in [0.1, 0.15) is 18.4 Å². The molecule has 0 aliphatic carbocycles. The van der Waals surface area contributed by atoms with Crippen molar-refractivity contribution in [3.63, 3.8) is 0 Å². The molecule has 3 rings (SSSR count). The van der Waals surface area contributed by atoms with Gasteiger partial charge in [-0.15, -0.1) is 0 Å². The van der Waals surface area contributed by atoms with Crippen molar-refractivity contribution in [3.8, 4) is 5.75 Å². The fraction of sp³-hybridized carbons (Fsp3) is 0.278. The maximum Gasteiger partial charge on any atom is 0.315 e. The molecule has 0 aliphatic rings. The molecular weight excluding hydrogens is 318 g/mol. The van der Waals surface area contributed by atoms with Crippen LogP contribution in [0.4, 0.5) is 4.79 Å². The zero-order valence-corrected chi connectivity index (χ0v) is 14.3. The van der Waals surface area contributed by atoms with E-state index in [4.69, 9.17) is 4.74 Å². The van der Waals surface area contributed by atoms with Crippen molar-refractivity contribution in [2.24, 2.45) is 0 Å². The lowest BCUT2D eigenvalue weighted by Crippen LogP contribution is -2.42. The summed E-state index contributed by atoms with van der Waals surface area (Å²) in [5.74, 6) is 0.833. The van der Waals surface area contributed by atoms with Crippen molar-refractivity contribution in [2.45, 2.75) is 26.1 Å². The number of nitrogens with one attached hydrogen (secondary N) is 2. The minimum atomic E-state index is -0.206. The molecule has 7 heteroatoms. The summed E-state index contributed by atoms with van der Waals surface area (Å²) in [4.78, 5) is 15.9. The number of urea groups is 1. The number of benzene rings is 2. The number of rotatable bonds is 6. The molecule has 1 atom stereocenters. The first-order valence-corrected chi connectivity index (χ1v) is 8.07. The minimum absolute atomic E-state index is 0.0502. The highest BCUT2D eigenvalue weighted by atomic mass is 16.5. The molecule has 0 fully saturated rings. The molecule has 1 unspecified atom stereocenters. The second-order valence-electron chi connectivity index (χ2n) is 5.89. The van der Waals surface area contributed by atoms with Gasteiger partial charge in [0, 0.05) is 12.6 Å². The SMILES string of the molecule is COc1ccc2cc(CNC(=O)NC(C)Cn3cncn3)ccc2c1. The molecule has 1 aromatic heterocycles. The Morgan fingerprint density at radius 2 is 2.04 bits per heavy atom. The molecule has 0 aliphatic heterocycles. The monoisotopic (exact) mass is 339 g/mol. The molecule has 25 heavy (non-hydrogen) atoms. The lowest BCUT2D eigenvalue weighted by atomic mass is 10.1. The van der Waals surface area contributed by atoms with E-state index < -0.39 is 0 Å². The number of hydrogen-bond donors (Lipinski definition) is 2. The maximum absolute atomic E-state index is 12.0. The summed E-state index contributed by atoms with van der Waals surface area (Å²) < 4.78 is 6.91. The van der Waals surface area contributed by atoms with E-state index >= 15 is 0 Å². The summed E-state index contributed by atoms with van der Waals surface area (Å²) >= 11 is 0. The average molecular weight is 339 g/mol. The van der Waals surface area contributed by atoms with Crippen LogP contribution >= 0.6 is 0 Å². The first kappa shape index (κ1) is 16.8. The highest BCUT2D eigenvalue weighted by Gasteiger charge is 2.08. The van der Waals surface area contributed by atoms with E-state index in [0.717, 1.165) is 22.1 Å². The number of ether oxygens (including phenoxy) is 1. The lowest BCUT2D eigenvalue weighted by molar-refractivity contribution is 0.235. The van der Waals surface area contributed by atoms with Gasteiger partial charge in [-0.1, -0.05) is 18.2 Å². The van der Waals surface area contributed by atoms with Crippen molar-refractivity contribution in [1.29, 1.82) is 0 Å². The first-order valence-electron chi connectivity index (χ1n) is 8.07. The molecular formula is C18H21N5O2. The van der Waals surface area contributed by atoms with Gasteiger partial charge in [0.2, 0.25) is 0 Å². The Morgan fingerprint density at radius 3 is 2.80 bits per heavy atom. The van der Waals surface area contributed by atoms with Crippen molar-refractivity contribution in [1.82, 2.24) is 25.4 Å². The van der Waals surface area contributed by atoms with Gasteiger partial charge in [-0.25, -0.2) is 9.78 Å². The summed E-state index contributed by atoms with van der Waals surface area (Å²) in [7, 11) is 1.65. The lowest BCUT2D eigenvalue weighted by Gasteiger charge is -2.14. The Kier molecular flexibility index (Phi) is 5.13. The van der Waals surface area contributed by atoms with Gasteiger partial charge in [0.15, 0.2) is 0 Å². The Morgan fingerprint density at radius 1 is 1.24 bits per heavy atom. The zero-order chi connectivity index (χ0) is 17.6. The summed E-state index contributed by atoms with van der Waals surface area (Å²) in [5, 5.41) is 12.0. The summed E-state index contributed by atoms with van der Waals surface area (Å²) in [6.07, 6.45) is 3.10. The predicted octanol–water partition coefficient (Wildman–Crippen LogP) is 2.33. The molecule has 0 saturated heterocycles. The van der Waals surface area contributed by atoms with Crippen LogP contribution in [0.15, 0.2) is 49.1 Å². The van der Waals surface area contributed by atoms with Crippen LogP contribution in [0.5, 0.6) is 5.75 Å². The number of amides is 2. The van der Waals surface area contributed by atoms with Gasteiger partial charge in [-0.05, 0) is 41.5 Å². The van der Waals surface area contributed by atoms with Crippen molar-refractivity contribution in [3.05, 3.63) is 54.6 Å². The fourth-order valence-electron chi connectivity index (χ4n) is 2.62. The molecule has 2 aromatic carbocycles. The van der Waals surface area contributed by atoms with Gasteiger partial charge < -0.3 is 15.4 Å². The summed E-state index contributed by atoms with van der Waals surface area (Å²) in [5.41, 5.74) is 1.04. The fourth-order valence-corrected chi connectivity index (χ4v) is 2.62. The number of fused-ring (bicyclic) bond motifs is 1. The van der Waals surface area contributed by atoms with E-state index in [1.807, 2.05) is 37.3 Å². The second kappa shape index (κ2) is 7.65. The van der Waals surface area contributed by atoms with Crippen LogP contribution in [0.2, 0.25) is 0 Å².